The van der Waals surface area contributed by atoms with Crippen LogP contribution < -0.4 is 20.5 Å². The maximum Gasteiger partial charge on any atom is 0.250 e. The van der Waals surface area contributed by atoms with E-state index in [4.69, 9.17) is 15.2 Å². The van der Waals surface area contributed by atoms with Gasteiger partial charge < -0.3 is 20.5 Å². The standard InChI is InChI=1S/C18H19N3O4/c1-21(9-12-6-7-15-16(8-12)25-11-24-15)10-17(22)20-14-5-3-2-4-13(14)18(19)23/h2-8H,9-11H2,1H3,(H2,19,23)(H,20,22). The number of nitrogens with two attached hydrogens (primary N) is 1. The minimum absolute atomic E-state index is 0.168. The third-order valence-corrected chi connectivity index (χ3v) is 3.77. The number of amides is 2. The molecule has 0 radical (unpaired) electrons. The van der Waals surface area contributed by atoms with Gasteiger partial charge in [0.25, 0.3) is 5.91 Å². The van der Waals surface area contributed by atoms with Crippen LogP contribution >= 0.6 is 0 Å². The van der Waals surface area contributed by atoms with Crippen molar-refractivity contribution in [3.63, 3.8) is 0 Å². The Kier molecular flexibility index (Phi) is 4.85. The molecule has 0 bridgehead atoms. The fraction of sp³-hybridized carbons (Fsp3) is 0.222. The third-order valence-electron chi connectivity index (χ3n) is 3.77. The molecule has 0 unspecified atom stereocenters. The van der Waals surface area contributed by atoms with Gasteiger partial charge in [0.15, 0.2) is 11.5 Å². The Labute approximate surface area is 145 Å². The van der Waals surface area contributed by atoms with Crippen LogP contribution in [0, 0.1) is 0 Å². The van der Waals surface area contributed by atoms with Gasteiger partial charge in [-0.1, -0.05) is 18.2 Å². The van der Waals surface area contributed by atoms with Crippen molar-refractivity contribution in [1.82, 2.24) is 4.90 Å². The molecule has 2 aromatic carbocycles. The number of hydrogen-bond donors (Lipinski definition) is 2. The predicted molar refractivity (Wildman–Crippen MR) is 92.5 cm³/mol. The monoisotopic (exact) mass is 341 g/mol. The van der Waals surface area contributed by atoms with E-state index in [-0.39, 0.29) is 24.8 Å². The Morgan fingerprint density at radius 1 is 1.16 bits per heavy atom. The smallest absolute Gasteiger partial charge is 0.250 e. The largest absolute Gasteiger partial charge is 0.454 e. The lowest BCUT2D eigenvalue weighted by Crippen LogP contribution is -2.30. The second-order valence-electron chi connectivity index (χ2n) is 5.82. The summed E-state index contributed by atoms with van der Waals surface area (Å²) >= 11 is 0. The Morgan fingerprint density at radius 2 is 1.92 bits per heavy atom. The fourth-order valence-corrected chi connectivity index (χ4v) is 2.65. The van der Waals surface area contributed by atoms with Gasteiger partial charge in [0.2, 0.25) is 12.7 Å². The molecule has 0 saturated heterocycles. The van der Waals surface area contributed by atoms with E-state index in [2.05, 4.69) is 5.32 Å². The molecule has 0 spiro atoms. The second kappa shape index (κ2) is 7.23. The van der Waals surface area contributed by atoms with Crippen LogP contribution in [0.5, 0.6) is 11.5 Å². The number of nitrogens with zero attached hydrogens (tertiary/aromatic N) is 1. The Morgan fingerprint density at radius 3 is 2.72 bits per heavy atom. The summed E-state index contributed by atoms with van der Waals surface area (Å²) in [4.78, 5) is 25.5. The molecule has 25 heavy (non-hydrogen) atoms. The topological polar surface area (TPSA) is 93.9 Å². The average molecular weight is 341 g/mol. The van der Waals surface area contributed by atoms with Gasteiger partial charge in [-0.05, 0) is 36.9 Å². The number of ether oxygens (including phenoxy) is 2. The van der Waals surface area contributed by atoms with Crippen molar-refractivity contribution in [2.24, 2.45) is 5.73 Å². The van der Waals surface area contributed by atoms with E-state index in [1.54, 1.807) is 24.3 Å². The molecule has 1 aliphatic rings. The van der Waals surface area contributed by atoms with E-state index in [9.17, 15) is 9.59 Å². The number of likely N-dealkylation sites (N-methyl/N-ethyl adjacent to an activating group) is 1. The molecule has 130 valence electrons. The summed E-state index contributed by atoms with van der Waals surface area (Å²) in [6.45, 7) is 0.972. The van der Waals surface area contributed by atoms with Gasteiger partial charge >= 0.3 is 0 Å². The maximum atomic E-state index is 12.2. The van der Waals surface area contributed by atoms with E-state index >= 15 is 0 Å². The molecule has 0 aliphatic carbocycles. The number of carbonyl (C=O) groups is 2. The van der Waals surface area contributed by atoms with E-state index in [1.807, 2.05) is 30.1 Å². The summed E-state index contributed by atoms with van der Waals surface area (Å²) in [5.74, 6) is 0.638. The van der Waals surface area contributed by atoms with Crippen molar-refractivity contribution in [3.05, 3.63) is 53.6 Å². The van der Waals surface area contributed by atoms with Crippen LogP contribution in [0.2, 0.25) is 0 Å². The minimum Gasteiger partial charge on any atom is -0.454 e. The maximum absolute atomic E-state index is 12.2. The number of primary amides is 1. The number of benzene rings is 2. The highest BCUT2D eigenvalue weighted by molar-refractivity contribution is 6.03. The third kappa shape index (κ3) is 4.07. The molecule has 3 N–H and O–H groups in total. The lowest BCUT2D eigenvalue weighted by Gasteiger charge is -2.17. The Bertz CT molecular complexity index is 807. The van der Waals surface area contributed by atoms with Crippen LogP contribution in [-0.2, 0) is 11.3 Å². The number of nitrogens with one attached hydrogen (secondary N) is 1. The molecule has 7 heteroatoms. The van der Waals surface area contributed by atoms with E-state index in [1.165, 1.54) is 0 Å². The summed E-state index contributed by atoms with van der Waals surface area (Å²) in [6, 6.07) is 12.3. The van der Waals surface area contributed by atoms with Gasteiger partial charge in [-0.15, -0.1) is 0 Å². The Balaban J connectivity index is 1.59. The number of hydrogen-bond acceptors (Lipinski definition) is 5. The predicted octanol–water partition coefficient (Wildman–Crippen LogP) is 1.58. The molecule has 7 nitrogen and oxygen atoms in total. The van der Waals surface area contributed by atoms with Crippen LogP contribution in [0.3, 0.4) is 0 Å². The van der Waals surface area contributed by atoms with Crippen LogP contribution in [0.1, 0.15) is 15.9 Å². The van der Waals surface area contributed by atoms with Crippen molar-refractivity contribution in [3.8, 4) is 11.5 Å². The number of fused-ring (bicyclic) bond motifs is 1. The lowest BCUT2D eigenvalue weighted by atomic mass is 10.1. The van der Waals surface area contributed by atoms with Gasteiger partial charge in [0.05, 0.1) is 17.8 Å². The average Bonchev–Trinajstić information content (AvgIpc) is 3.02. The summed E-state index contributed by atoms with van der Waals surface area (Å²) in [5, 5.41) is 2.72. The number of para-hydroxylation sites is 1. The fourth-order valence-electron chi connectivity index (χ4n) is 2.65. The van der Waals surface area contributed by atoms with Gasteiger partial charge in [-0.2, -0.15) is 0 Å². The minimum atomic E-state index is -0.579. The second-order valence-corrected chi connectivity index (χ2v) is 5.82. The quantitative estimate of drug-likeness (QED) is 0.832. The van der Waals surface area contributed by atoms with Crippen LogP contribution in [0.25, 0.3) is 0 Å². The molecule has 0 aromatic heterocycles. The van der Waals surface area contributed by atoms with Crippen molar-refractivity contribution >= 4 is 17.5 Å². The first-order valence-corrected chi connectivity index (χ1v) is 7.78. The van der Waals surface area contributed by atoms with E-state index in [0.29, 0.717) is 18.0 Å². The molecule has 2 aromatic rings. The van der Waals surface area contributed by atoms with E-state index < -0.39 is 5.91 Å². The highest BCUT2D eigenvalue weighted by Crippen LogP contribution is 2.32. The summed E-state index contributed by atoms with van der Waals surface area (Å²) in [6.07, 6.45) is 0. The molecule has 0 saturated carbocycles. The van der Waals surface area contributed by atoms with Crippen LogP contribution in [-0.4, -0.2) is 37.1 Å². The van der Waals surface area contributed by atoms with Crippen molar-refractivity contribution in [1.29, 1.82) is 0 Å². The molecule has 0 fully saturated rings. The van der Waals surface area contributed by atoms with Crippen molar-refractivity contribution in [2.75, 3.05) is 25.7 Å². The number of rotatable bonds is 6. The summed E-state index contributed by atoms with van der Waals surface area (Å²) in [7, 11) is 1.84. The first-order chi connectivity index (χ1) is 12.0. The van der Waals surface area contributed by atoms with Crippen LogP contribution in [0.15, 0.2) is 42.5 Å². The normalized spacial score (nSPS) is 12.2. The summed E-state index contributed by atoms with van der Waals surface area (Å²) < 4.78 is 10.6. The molecule has 1 heterocycles. The first kappa shape index (κ1) is 16.8. The van der Waals surface area contributed by atoms with Gasteiger partial charge in [-0.3, -0.25) is 14.5 Å². The zero-order chi connectivity index (χ0) is 17.8. The van der Waals surface area contributed by atoms with Crippen molar-refractivity contribution < 1.29 is 19.1 Å². The molecule has 2 amide bonds. The number of anilines is 1. The van der Waals surface area contributed by atoms with E-state index in [0.717, 1.165) is 11.3 Å². The first-order valence-electron chi connectivity index (χ1n) is 7.78. The highest BCUT2D eigenvalue weighted by atomic mass is 16.7. The zero-order valence-corrected chi connectivity index (χ0v) is 13.8. The molecule has 3 rings (SSSR count). The van der Waals surface area contributed by atoms with Crippen molar-refractivity contribution in [2.45, 2.75) is 6.54 Å². The number of carbonyl (C=O) groups excluding carboxylic acids is 2. The van der Waals surface area contributed by atoms with Gasteiger partial charge in [-0.25, -0.2) is 0 Å². The van der Waals surface area contributed by atoms with Gasteiger partial charge in [0, 0.05) is 6.54 Å². The SMILES string of the molecule is CN(CC(=O)Nc1ccccc1C(N)=O)Cc1ccc2c(c1)OCO2. The van der Waals surface area contributed by atoms with Crippen LogP contribution in [0.4, 0.5) is 5.69 Å². The molecule has 1 aliphatic heterocycles. The van der Waals surface area contributed by atoms with Gasteiger partial charge in [0.1, 0.15) is 0 Å². The molecule has 0 atom stereocenters. The molecular formula is C18H19N3O4. The lowest BCUT2D eigenvalue weighted by molar-refractivity contribution is -0.117. The molecular weight excluding hydrogens is 322 g/mol. The highest BCUT2D eigenvalue weighted by Gasteiger charge is 2.15. The Hall–Kier alpha value is -3.06. The zero-order valence-electron chi connectivity index (χ0n) is 13.8. The summed E-state index contributed by atoms with van der Waals surface area (Å²) in [5.41, 5.74) is 7.03.